The minimum absolute atomic E-state index is 0.0693. The second-order valence-electron chi connectivity index (χ2n) is 6.32. The number of ether oxygens (including phenoxy) is 1. The number of halogens is 4. The average Bonchev–Trinajstić information content (AvgIpc) is 3.31. The van der Waals surface area contributed by atoms with E-state index in [1.165, 1.54) is 31.6 Å². The number of amides is 1. The van der Waals surface area contributed by atoms with Gasteiger partial charge in [-0.05, 0) is 12.1 Å². The first-order valence-corrected chi connectivity index (χ1v) is 10.7. The third-order valence-electron chi connectivity index (χ3n) is 3.94. The van der Waals surface area contributed by atoms with Crippen LogP contribution in [-0.2, 0) is 9.53 Å². The van der Waals surface area contributed by atoms with Gasteiger partial charge >= 0.3 is 5.97 Å². The van der Waals surface area contributed by atoms with Crippen molar-refractivity contribution in [3.05, 3.63) is 62.4 Å². The highest BCUT2D eigenvalue weighted by molar-refractivity contribution is 6.41. The van der Waals surface area contributed by atoms with Crippen LogP contribution in [0.1, 0.15) is 27.8 Å². The fraction of sp³-hybridized carbons (Fsp3) is 0.200. The number of oxazole rings is 1. The topological polar surface area (TPSA) is 145 Å². The molecule has 34 heavy (non-hydrogen) atoms. The highest BCUT2D eigenvalue weighted by Crippen LogP contribution is 2.26. The highest BCUT2D eigenvalue weighted by Gasteiger charge is 2.21. The van der Waals surface area contributed by atoms with Crippen LogP contribution in [0.3, 0.4) is 0 Å². The second-order valence-corrected chi connectivity index (χ2v) is 7.85. The van der Waals surface area contributed by atoms with Gasteiger partial charge in [0, 0.05) is 19.3 Å². The molecule has 0 spiro atoms. The number of aliphatic hydroxyl groups excluding tert-OH is 1. The van der Waals surface area contributed by atoms with Crippen LogP contribution < -0.4 is 5.32 Å². The summed E-state index contributed by atoms with van der Waals surface area (Å²) in [5.74, 6) is -1.25. The normalized spacial score (nSPS) is 11.1. The van der Waals surface area contributed by atoms with Crippen LogP contribution >= 0.6 is 46.4 Å². The van der Waals surface area contributed by atoms with Gasteiger partial charge < -0.3 is 19.6 Å². The quantitative estimate of drug-likeness (QED) is 0.265. The predicted octanol–water partition coefficient (Wildman–Crippen LogP) is 3.90. The molecule has 0 fully saturated rings. The maximum Gasteiger partial charge on any atom is 0.330 e. The first-order valence-electron chi connectivity index (χ1n) is 9.15. The molecule has 3 aromatic rings. The second kappa shape index (κ2) is 12.6. The van der Waals surface area contributed by atoms with E-state index in [1.807, 2.05) is 0 Å². The monoisotopic (exact) mass is 548 g/mol. The highest BCUT2D eigenvalue weighted by atomic mass is 35.5. The van der Waals surface area contributed by atoms with Gasteiger partial charge in [0.25, 0.3) is 5.91 Å². The predicted molar refractivity (Wildman–Crippen MR) is 124 cm³/mol. The summed E-state index contributed by atoms with van der Waals surface area (Å²) in [6.45, 7) is 0.835. The zero-order chi connectivity index (χ0) is 25.4. The Kier molecular flexibility index (Phi) is 10.2. The summed E-state index contributed by atoms with van der Waals surface area (Å²) < 4.78 is 9.54. The fourth-order valence-corrected chi connectivity index (χ4v) is 2.75. The number of carbonyl (C=O) groups is 3. The Hall–Kier alpha value is -2.76. The third kappa shape index (κ3) is 7.37. The Balaban J connectivity index is 0.000000241. The standard InChI is InChI=1S/C10H10Cl2N2O4.C10H6Cl2N2O2/c1-18-10(17)7(4-15)14-9(16)5-2-6(11)8(12)13-3-5;1-5(15)8-4-16-10(14-8)6-2-7(11)9(12)13-3-6/h2-3,7,15H,4H2,1H3,(H,14,16);2-4H,1H3. The van der Waals surface area contributed by atoms with Crippen molar-refractivity contribution < 1.29 is 28.6 Å². The van der Waals surface area contributed by atoms with Gasteiger partial charge in [0.1, 0.15) is 22.3 Å². The van der Waals surface area contributed by atoms with Gasteiger partial charge in [0.05, 0.1) is 34.9 Å². The number of carbonyl (C=O) groups excluding carboxylic acids is 3. The zero-order valence-corrected chi connectivity index (χ0v) is 20.5. The van der Waals surface area contributed by atoms with Crippen LogP contribution in [0.4, 0.5) is 0 Å². The molecular formula is C20H16Cl4N4O6. The molecular weight excluding hydrogens is 534 g/mol. The summed E-state index contributed by atoms with van der Waals surface area (Å²) in [6.07, 6.45) is 3.97. The molecule has 0 radical (unpaired) electrons. The molecule has 1 amide bonds. The molecule has 1 atom stereocenters. The van der Waals surface area contributed by atoms with Crippen molar-refractivity contribution in [3.8, 4) is 11.5 Å². The number of esters is 1. The molecule has 3 rings (SSSR count). The van der Waals surface area contributed by atoms with E-state index in [0.29, 0.717) is 10.6 Å². The Bertz CT molecular complexity index is 1200. The molecule has 180 valence electrons. The van der Waals surface area contributed by atoms with Gasteiger partial charge in [-0.1, -0.05) is 46.4 Å². The Labute approximate surface area is 213 Å². The maximum atomic E-state index is 11.7. The largest absolute Gasteiger partial charge is 0.467 e. The number of aromatic nitrogens is 3. The molecule has 14 heteroatoms. The van der Waals surface area contributed by atoms with Gasteiger partial charge in [0.15, 0.2) is 11.8 Å². The smallest absolute Gasteiger partial charge is 0.330 e. The van der Waals surface area contributed by atoms with Crippen molar-refractivity contribution in [2.75, 3.05) is 13.7 Å². The molecule has 10 nitrogen and oxygen atoms in total. The summed E-state index contributed by atoms with van der Waals surface area (Å²) in [5.41, 5.74) is 0.953. The first kappa shape index (κ1) is 27.5. The molecule has 3 aromatic heterocycles. The van der Waals surface area contributed by atoms with E-state index in [1.54, 1.807) is 6.07 Å². The Morgan fingerprint density at radius 3 is 2.21 bits per heavy atom. The van der Waals surface area contributed by atoms with Crippen LogP contribution in [0, 0.1) is 0 Å². The van der Waals surface area contributed by atoms with E-state index in [4.69, 9.17) is 55.9 Å². The lowest BCUT2D eigenvalue weighted by molar-refractivity contribution is -0.143. The maximum absolute atomic E-state index is 11.7. The van der Waals surface area contributed by atoms with Gasteiger partial charge in [0.2, 0.25) is 5.89 Å². The fourth-order valence-electron chi connectivity index (χ4n) is 2.21. The van der Waals surface area contributed by atoms with Crippen molar-refractivity contribution in [2.45, 2.75) is 13.0 Å². The summed E-state index contributed by atoms with van der Waals surface area (Å²) in [7, 11) is 1.15. The number of nitrogens with zero attached hydrogens (tertiary/aromatic N) is 3. The number of hydrogen-bond donors (Lipinski definition) is 2. The molecule has 0 aliphatic carbocycles. The minimum atomic E-state index is -1.14. The number of methoxy groups -OCH3 is 1. The summed E-state index contributed by atoms with van der Waals surface area (Å²) in [6, 6.07) is 1.74. The molecule has 0 saturated heterocycles. The number of pyridine rings is 2. The number of nitrogens with one attached hydrogen (secondary N) is 1. The van der Waals surface area contributed by atoms with E-state index in [2.05, 4.69) is 25.0 Å². The van der Waals surface area contributed by atoms with Gasteiger partial charge in [-0.3, -0.25) is 9.59 Å². The van der Waals surface area contributed by atoms with Crippen LogP contribution in [0.5, 0.6) is 0 Å². The number of ketones is 1. The molecule has 0 aliphatic rings. The summed E-state index contributed by atoms with van der Waals surface area (Å²) in [4.78, 5) is 45.5. The van der Waals surface area contributed by atoms with Crippen molar-refractivity contribution in [1.29, 1.82) is 0 Å². The van der Waals surface area contributed by atoms with Gasteiger partial charge in [-0.15, -0.1) is 0 Å². The van der Waals surface area contributed by atoms with Crippen molar-refractivity contribution >= 4 is 64.1 Å². The lowest BCUT2D eigenvalue weighted by Crippen LogP contribution is -2.44. The minimum Gasteiger partial charge on any atom is -0.467 e. The molecule has 0 aliphatic heterocycles. The lowest BCUT2D eigenvalue weighted by atomic mass is 10.2. The Morgan fingerprint density at radius 2 is 1.71 bits per heavy atom. The summed E-state index contributed by atoms with van der Waals surface area (Å²) >= 11 is 22.8. The molecule has 0 saturated carbocycles. The van der Waals surface area contributed by atoms with Crippen molar-refractivity contribution in [3.63, 3.8) is 0 Å². The van der Waals surface area contributed by atoms with Crippen molar-refractivity contribution in [1.82, 2.24) is 20.3 Å². The van der Waals surface area contributed by atoms with Crippen molar-refractivity contribution in [2.24, 2.45) is 0 Å². The molecule has 0 aromatic carbocycles. The van der Waals surface area contributed by atoms with E-state index >= 15 is 0 Å². The number of Topliss-reactive ketones (excluding diaryl/α,β-unsaturated/α-hetero) is 1. The molecule has 1 unspecified atom stereocenters. The summed E-state index contributed by atoms with van der Waals surface area (Å²) in [5, 5.41) is 11.9. The van der Waals surface area contributed by atoms with Gasteiger partial charge in [-0.2, -0.15) is 0 Å². The number of rotatable bonds is 6. The molecule has 3 heterocycles. The van der Waals surface area contributed by atoms with E-state index in [9.17, 15) is 14.4 Å². The van der Waals surface area contributed by atoms with E-state index in [0.717, 1.165) is 7.11 Å². The van der Waals surface area contributed by atoms with E-state index in [-0.39, 0.29) is 38.3 Å². The third-order valence-corrected chi connectivity index (χ3v) is 5.31. The van der Waals surface area contributed by atoms with Gasteiger partial charge in [-0.25, -0.2) is 19.7 Å². The SMILES string of the molecule is CC(=O)c1coc(-c2cnc(Cl)c(Cl)c2)n1.COC(=O)C(CO)NC(=O)c1cnc(Cl)c(Cl)c1. The Morgan fingerprint density at radius 1 is 1.09 bits per heavy atom. The van der Waals surface area contributed by atoms with Crippen LogP contribution in [0.2, 0.25) is 20.4 Å². The van der Waals surface area contributed by atoms with Crippen LogP contribution in [0.15, 0.2) is 35.2 Å². The molecule has 2 N–H and O–H groups in total. The van der Waals surface area contributed by atoms with Crippen LogP contribution in [-0.4, -0.2) is 57.5 Å². The number of aliphatic hydroxyl groups is 1. The number of hydrogen-bond acceptors (Lipinski definition) is 9. The van der Waals surface area contributed by atoms with Crippen LogP contribution in [0.25, 0.3) is 11.5 Å². The first-order chi connectivity index (χ1) is 16.1. The van der Waals surface area contributed by atoms with E-state index < -0.39 is 24.5 Å². The zero-order valence-electron chi connectivity index (χ0n) is 17.5. The average molecular weight is 550 g/mol. The lowest BCUT2D eigenvalue weighted by Gasteiger charge is -2.13. The molecule has 0 bridgehead atoms.